The summed E-state index contributed by atoms with van der Waals surface area (Å²) in [4.78, 5) is 23.8. The molecule has 26 heavy (non-hydrogen) atoms. The second kappa shape index (κ2) is 7.06. The Labute approximate surface area is 154 Å². The van der Waals surface area contributed by atoms with Gasteiger partial charge in [0.25, 0.3) is 0 Å². The number of fused-ring (bicyclic) bond motifs is 2. The zero-order valence-corrected chi connectivity index (χ0v) is 15.3. The van der Waals surface area contributed by atoms with Crippen molar-refractivity contribution >= 4 is 5.91 Å². The molecule has 1 aromatic carbocycles. The molecule has 1 unspecified atom stereocenters. The molecule has 2 aliphatic rings. The lowest BCUT2D eigenvalue weighted by Gasteiger charge is -2.40. The number of piperidine rings is 1. The molecule has 0 N–H and O–H groups in total. The number of ether oxygens (including phenoxy) is 1. The molecule has 1 fully saturated rings. The van der Waals surface area contributed by atoms with E-state index in [0.29, 0.717) is 13.0 Å². The molecule has 0 radical (unpaired) electrons. The van der Waals surface area contributed by atoms with Crippen LogP contribution in [0, 0.1) is 6.92 Å². The number of nitrogens with zero attached hydrogens (tertiary/aromatic N) is 3. The molecule has 1 atom stereocenters. The van der Waals surface area contributed by atoms with Crippen LogP contribution in [0.25, 0.3) is 0 Å². The van der Waals surface area contributed by atoms with E-state index in [-0.39, 0.29) is 11.3 Å². The third-order valence-corrected chi connectivity index (χ3v) is 5.62. The molecule has 1 aromatic heterocycles. The van der Waals surface area contributed by atoms with E-state index >= 15 is 0 Å². The van der Waals surface area contributed by atoms with Gasteiger partial charge in [0.05, 0.1) is 18.7 Å². The first kappa shape index (κ1) is 17.0. The lowest BCUT2D eigenvalue weighted by atomic mass is 9.77. The molecular formula is C21H25N3O2. The van der Waals surface area contributed by atoms with E-state index in [1.54, 1.807) is 0 Å². The number of benzene rings is 1. The van der Waals surface area contributed by atoms with Crippen LogP contribution in [0.3, 0.4) is 0 Å². The molecule has 0 bridgehead atoms. The van der Waals surface area contributed by atoms with Crippen LogP contribution in [0.15, 0.2) is 36.5 Å². The number of para-hydroxylation sites is 1. The standard InChI is InChI=1S/C21H25N3O2/c1-16-22-14-17-8-11-21(20(17)23-16)10-5-12-24(15-21)19(25)9-13-26-18-6-3-2-4-7-18/h2-4,6-7,14H,5,8-13,15H2,1H3. The Morgan fingerprint density at radius 3 is 2.96 bits per heavy atom. The van der Waals surface area contributed by atoms with E-state index in [2.05, 4.69) is 4.98 Å². The Hall–Kier alpha value is -2.43. The molecule has 1 amide bonds. The maximum absolute atomic E-state index is 12.7. The summed E-state index contributed by atoms with van der Waals surface area (Å²) < 4.78 is 5.69. The summed E-state index contributed by atoms with van der Waals surface area (Å²) in [6.07, 6.45) is 6.63. The third kappa shape index (κ3) is 3.30. The van der Waals surface area contributed by atoms with Crippen LogP contribution in [0.5, 0.6) is 5.75 Å². The molecule has 1 aliphatic heterocycles. The Bertz CT molecular complexity index is 789. The Kier molecular flexibility index (Phi) is 4.62. The average Bonchev–Trinajstić information content (AvgIpc) is 3.00. The van der Waals surface area contributed by atoms with E-state index in [9.17, 15) is 4.79 Å². The summed E-state index contributed by atoms with van der Waals surface area (Å²) >= 11 is 0. The molecule has 136 valence electrons. The first-order chi connectivity index (χ1) is 12.7. The maximum Gasteiger partial charge on any atom is 0.226 e. The fourth-order valence-corrected chi connectivity index (χ4v) is 4.30. The molecule has 1 spiro atoms. The van der Waals surface area contributed by atoms with Crippen LogP contribution in [0.1, 0.15) is 42.8 Å². The third-order valence-electron chi connectivity index (χ3n) is 5.62. The Balaban J connectivity index is 1.40. The van der Waals surface area contributed by atoms with Gasteiger partial charge in [-0.3, -0.25) is 4.79 Å². The summed E-state index contributed by atoms with van der Waals surface area (Å²) in [5.74, 6) is 1.82. The number of carbonyl (C=O) groups excluding carboxylic acids is 1. The lowest BCUT2D eigenvalue weighted by Crippen LogP contribution is -2.48. The van der Waals surface area contributed by atoms with Gasteiger partial charge in [-0.05, 0) is 50.3 Å². The number of aryl methyl sites for hydroxylation is 2. The van der Waals surface area contributed by atoms with E-state index in [1.807, 2.05) is 48.4 Å². The predicted octanol–water partition coefficient (Wildman–Crippen LogP) is 3.06. The van der Waals surface area contributed by atoms with Crippen molar-refractivity contribution in [2.75, 3.05) is 19.7 Å². The summed E-state index contributed by atoms with van der Waals surface area (Å²) in [5, 5.41) is 0. The second-order valence-electron chi connectivity index (χ2n) is 7.40. The Morgan fingerprint density at radius 2 is 2.12 bits per heavy atom. The summed E-state index contributed by atoms with van der Waals surface area (Å²) in [7, 11) is 0. The molecule has 4 rings (SSSR count). The number of aromatic nitrogens is 2. The summed E-state index contributed by atoms with van der Waals surface area (Å²) in [5.41, 5.74) is 2.47. The monoisotopic (exact) mass is 351 g/mol. The van der Waals surface area contributed by atoms with Crippen LogP contribution >= 0.6 is 0 Å². The molecule has 5 heteroatoms. The Morgan fingerprint density at radius 1 is 1.27 bits per heavy atom. The van der Waals surface area contributed by atoms with Gasteiger partial charge in [-0.25, -0.2) is 9.97 Å². The van der Waals surface area contributed by atoms with Crippen molar-refractivity contribution in [1.82, 2.24) is 14.9 Å². The van der Waals surface area contributed by atoms with Crippen LogP contribution < -0.4 is 4.74 Å². The minimum atomic E-state index is 0.0250. The van der Waals surface area contributed by atoms with Crippen molar-refractivity contribution in [3.05, 3.63) is 53.6 Å². The first-order valence-corrected chi connectivity index (χ1v) is 9.45. The van der Waals surface area contributed by atoms with Gasteiger partial charge in [0.15, 0.2) is 0 Å². The normalized spacial score (nSPS) is 21.7. The summed E-state index contributed by atoms with van der Waals surface area (Å²) in [6.45, 7) is 3.98. The van der Waals surface area contributed by atoms with Crippen molar-refractivity contribution in [2.24, 2.45) is 0 Å². The van der Waals surface area contributed by atoms with Gasteiger partial charge in [0, 0.05) is 24.7 Å². The molecule has 1 saturated heterocycles. The van der Waals surface area contributed by atoms with Crippen LogP contribution in [0.2, 0.25) is 0 Å². The highest BCUT2D eigenvalue weighted by Gasteiger charge is 2.44. The van der Waals surface area contributed by atoms with Crippen LogP contribution in [-0.2, 0) is 16.6 Å². The van der Waals surface area contributed by atoms with Crippen molar-refractivity contribution in [3.8, 4) is 5.75 Å². The highest BCUT2D eigenvalue weighted by Crippen LogP contribution is 2.43. The fourth-order valence-electron chi connectivity index (χ4n) is 4.30. The van der Waals surface area contributed by atoms with Crippen molar-refractivity contribution in [2.45, 2.75) is 44.4 Å². The number of rotatable bonds is 4. The number of hydrogen-bond acceptors (Lipinski definition) is 4. The topological polar surface area (TPSA) is 55.3 Å². The van der Waals surface area contributed by atoms with Gasteiger partial charge in [0.2, 0.25) is 5.91 Å². The molecule has 5 nitrogen and oxygen atoms in total. The zero-order valence-electron chi connectivity index (χ0n) is 15.3. The molecule has 2 aromatic rings. The minimum absolute atomic E-state index is 0.0250. The predicted molar refractivity (Wildman–Crippen MR) is 99.1 cm³/mol. The highest BCUT2D eigenvalue weighted by atomic mass is 16.5. The molecule has 0 saturated carbocycles. The first-order valence-electron chi connectivity index (χ1n) is 9.45. The molecule has 1 aliphatic carbocycles. The summed E-state index contributed by atoms with van der Waals surface area (Å²) in [6, 6.07) is 9.66. The van der Waals surface area contributed by atoms with Gasteiger partial charge in [-0.15, -0.1) is 0 Å². The van der Waals surface area contributed by atoms with E-state index in [1.165, 1.54) is 11.3 Å². The van der Waals surface area contributed by atoms with E-state index in [4.69, 9.17) is 9.72 Å². The van der Waals surface area contributed by atoms with Crippen molar-refractivity contribution in [1.29, 1.82) is 0 Å². The van der Waals surface area contributed by atoms with E-state index in [0.717, 1.165) is 50.3 Å². The molecule has 2 heterocycles. The van der Waals surface area contributed by atoms with Crippen molar-refractivity contribution < 1.29 is 9.53 Å². The van der Waals surface area contributed by atoms with Gasteiger partial charge < -0.3 is 9.64 Å². The van der Waals surface area contributed by atoms with Gasteiger partial charge >= 0.3 is 0 Å². The molecular weight excluding hydrogens is 326 g/mol. The lowest BCUT2D eigenvalue weighted by molar-refractivity contribution is -0.134. The van der Waals surface area contributed by atoms with Crippen LogP contribution in [0.4, 0.5) is 0 Å². The SMILES string of the molecule is Cc1ncc2c(n1)C1(CCCN(C(=O)CCOc3ccccc3)C1)CC2. The largest absolute Gasteiger partial charge is 0.493 e. The smallest absolute Gasteiger partial charge is 0.226 e. The van der Waals surface area contributed by atoms with Gasteiger partial charge in [0.1, 0.15) is 11.6 Å². The van der Waals surface area contributed by atoms with Gasteiger partial charge in [-0.2, -0.15) is 0 Å². The quantitative estimate of drug-likeness (QED) is 0.849. The minimum Gasteiger partial charge on any atom is -0.493 e. The number of carbonyl (C=O) groups is 1. The van der Waals surface area contributed by atoms with E-state index < -0.39 is 0 Å². The number of amides is 1. The number of likely N-dealkylation sites (tertiary alicyclic amines) is 1. The van der Waals surface area contributed by atoms with Crippen molar-refractivity contribution in [3.63, 3.8) is 0 Å². The zero-order chi connectivity index (χ0) is 18.0. The van der Waals surface area contributed by atoms with Crippen LogP contribution in [-0.4, -0.2) is 40.5 Å². The van der Waals surface area contributed by atoms with Gasteiger partial charge in [-0.1, -0.05) is 18.2 Å². The fraction of sp³-hybridized carbons (Fsp3) is 0.476. The second-order valence-corrected chi connectivity index (χ2v) is 7.40. The average molecular weight is 351 g/mol. The highest BCUT2D eigenvalue weighted by molar-refractivity contribution is 5.76. The number of hydrogen-bond donors (Lipinski definition) is 0. The maximum atomic E-state index is 12.7.